The highest BCUT2D eigenvalue weighted by molar-refractivity contribution is 6.03. The van der Waals surface area contributed by atoms with E-state index in [-0.39, 0.29) is 6.04 Å². The summed E-state index contributed by atoms with van der Waals surface area (Å²) in [4.78, 5) is 0. The summed E-state index contributed by atoms with van der Waals surface area (Å²) in [6.45, 7) is 1.95. The van der Waals surface area contributed by atoms with Crippen LogP contribution in [0.3, 0.4) is 0 Å². The highest BCUT2D eigenvalue weighted by atomic mass is 15.4. The smallest absolute Gasteiger partial charge is 0.137 e. The van der Waals surface area contributed by atoms with Gasteiger partial charge in [-0.25, -0.2) is 0 Å². The van der Waals surface area contributed by atoms with Crippen LogP contribution in [0.5, 0.6) is 0 Å². The molecule has 1 aliphatic heterocycles. The van der Waals surface area contributed by atoms with E-state index in [1.165, 1.54) is 0 Å². The summed E-state index contributed by atoms with van der Waals surface area (Å²) < 4.78 is 0. The van der Waals surface area contributed by atoms with E-state index in [9.17, 15) is 0 Å². The number of rotatable bonds is 0. The van der Waals surface area contributed by atoms with Crippen molar-refractivity contribution in [1.29, 1.82) is 0 Å². The van der Waals surface area contributed by atoms with Crippen LogP contribution in [0, 0.1) is 0 Å². The molecule has 2 rings (SSSR count). The lowest BCUT2D eigenvalue weighted by Gasteiger charge is -2.10. The number of hydrogen-bond donors (Lipinski definition) is 1. The monoisotopic (exact) mass is 148 g/mol. The van der Waals surface area contributed by atoms with Gasteiger partial charge >= 0.3 is 0 Å². The third kappa shape index (κ3) is 0.869. The maximum Gasteiger partial charge on any atom is 0.137 e. The van der Waals surface area contributed by atoms with Crippen LogP contribution in [0.4, 0.5) is 0 Å². The topological polar surface area (TPSA) is 63.1 Å². The largest absolute Gasteiger partial charge is 0.399 e. The van der Waals surface area contributed by atoms with Gasteiger partial charge in [0.15, 0.2) is 0 Å². The van der Waals surface area contributed by atoms with E-state index in [1.807, 2.05) is 19.1 Å². The van der Waals surface area contributed by atoms with Gasteiger partial charge in [-0.2, -0.15) is 5.11 Å². The van der Waals surface area contributed by atoms with E-state index in [2.05, 4.69) is 15.4 Å². The van der Waals surface area contributed by atoms with E-state index >= 15 is 0 Å². The number of hydrogen-bond acceptors (Lipinski definition) is 4. The number of nitrogens with two attached hydrogens (primary N) is 1. The van der Waals surface area contributed by atoms with Crippen molar-refractivity contribution in [1.82, 2.24) is 0 Å². The third-order valence-corrected chi connectivity index (χ3v) is 1.80. The van der Waals surface area contributed by atoms with Crippen molar-refractivity contribution in [2.24, 2.45) is 21.2 Å². The Balaban J connectivity index is 2.43. The van der Waals surface area contributed by atoms with Crippen molar-refractivity contribution in [3.8, 4) is 0 Å². The van der Waals surface area contributed by atoms with Crippen molar-refractivity contribution >= 4 is 5.71 Å². The van der Waals surface area contributed by atoms with Crippen molar-refractivity contribution in [3.63, 3.8) is 0 Å². The molecule has 0 spiro atoms. The van der Waals surface area contributed by atoms with Crippen LogP contribution in [0.1, 0.15) is 6.92 Å². The van der Waals surface area contributed by atoms with Gasteiger partial charge in [-0.05, 0) is 29.9 Å². The van der Waals surface area contributed by atoms with Gasteiger partial charge in [-0.3, -0.25) is 0 Å². The van der Waals surface area contributed by atoms with Gasteiger partial charge in [0.2, 0.25) is 0 Å². The second-order valence-corrected chi connectivity index (χ2v) is 2.62. The van der Waals surface area contributed by atoms with Crippen LogP contribution >= 0.6 is 0 Å². The SMILES string of the molecule is CC1=CC2=NN=NC2C=C1N. The standard InChI is InChI=1S/C7H8N4/c1-4-2-6-7(3-5(4)8)10-11-9-6/h2-3,7H,8H2,1H3. The van der Waals surface area contributed by atoms with Gasteiger partial charge in [0.25, 0.3) is 0 Å². The van der Waals surface area contributed by atoms with E-state index < -0.39 is 0 Å². The van der Waals surface area contributed by atoms with E-state index in [0.717, 1.165) is 17.0 Å². The van der Waals surface area contributed by atoms with Crippen molar-refractivity contribution < 1.29 is 0 Å². The molecule has 1 aliphatic carbocycles. The zero-order valence-electron chi connectivity index (χ0n) is 6.15. The molecule has 0 aromatic rings. The van der Waals surface area contributed by atoms with E-state index in [0.29, 0.717) is 0 Å². The fourth-order valence-electron chi connectivity index (χ4n) is 1.09. The predicted molar refractivity (Wildman–Crippen MR) is 42.1 cm³/mol. The molecule has 0 amide bonds. The molecule has 0 aromatic heterocycles. The first-order valence-electron chi connectivity index (χ1n) is 3.41. The molecule has 0 radical (unpaired) electrons. The lowest BCUT2D eigenvalue weighted by molar-refractivity contribution is 0.961. The quantitative estimate of drug-likeness (QED) is 0.546. The first-order valence-corrected chi connectivity index (χ1v) is 3.41. The van der Waals surface area contributed by atoms with Gasteiger partial charge < -0.3 is 5.73 Å². The maximum absolute atomic E-state index is 5.67. The van der Waals surface area contributed by atoms with Gasteiger partial charge in [0.1, 0.15) is 6.04 Å². The minimum absolute atomic E-state index is 0.0290. The Hall–Kier alpha value is -1.45. The Morgan fingerprint density at radius 1 is 1.55 bits per heavy atom. The average Bonchev–Trinajstić information content (AvgIpc) is 2.36. The molecule has 0 aromatic carbocycles. The van der Waals surface area contributed by atoms with Crippen LogP contribution in [-0.4, -0.2) is 11.8 Å². The summed E-state index contributed by atoms with van der Waals surface area (Å²) in [5.74, 6) is 0. The first-order chi connectivity index (χ1) is 5.27. The Bertz CT molecular complexity index is 308. The molecule has 0 saturated heterocycles. The summed E-state index contributed by atoms with van der Waals surface area (Å²) in [7, 11) is 0. The van der Waals surface area contributed by atoms with E-state index in [4.69, 9.17) is 5.73 Å². The van der Waals surface area contributed by atoms with Crippen molar-refractivity contribution in [2.75, 3.05) is 0 Å². The van der Waals surface area contributed by atoms with Crippen LogP contribution in [0.25, 0.3) is 0 Å². The highest BCUT2D eigenvalue weighted by Gasteiger charge is 2.20. The third-order valence-electron chi connectivity index (χ3n) is 1.80. The normalized spacial score (nSPS) is 27.4. The molecule has 56 valence electrons. The van der Waals surface area contributed by atoms with Gasteiger partial charge in [0.05, 0.1) is 5.71 Å². The van der Waals surface area contributed by atoms with Crippen LogP contribution < -0.4 is 5.73 Å². The fourth-order valence-corrected chi connectivity index (χ4v) is 1.09. The van der Waals surface area contributed by atoms with Crippen LogP contribution in [0.15, 0.2) is 38.9 Å². The minimum atomic E-state index is -0.0290. The zero-order chi connectivity index (χ0) is 7.84. The first kappa shape index (κ1) is 6.27. The Morgan fingerprint density at radius 2 is 2.36 bits per heavy atom. The molecule has 2 aliphatic rings. The maximum atomic E-state index is 5.67. The molecule has 2 N–H and O–H groups in total. The number of fused-ring (bicyclic) bond motifs is 1. The van der Waals surface area contributed by atoms with Crippen molar-refractivity contribution in [3.05, 3.63) is 23.4 Å². The predicted octanol–water partition coefficient (Wildman–Crippen LogP) is 0.979. The summed E-state index contributed by atoms with van der Waals surface area (Å²) in [5, 5.41) is 11.3. The van der Waals surface area contributed by atoms with E-state index in [1.54, 1.807) is 0 Å². The molecule has 1 unspecified atom stereocenters. The lowest BCUT2D eigenvalue weighted by Crippen LogP contribution is -2.18. The van der Waals surface area contributed by atoms with Crippen molar-refractivity contribution in [2.45, 2.75) is 13.0 Å². The summed E-state index contributed by atoms with van der Waals surface area (Å²) in [6, 6.07) is -0.0290. The van der Waals surface area contributed by atoms with Crippen LogP contribution in [-0.2, 0) is 0 Å². The molecule has 4 nitrogen and oxygen atoms in total. The number of allylic oxidation sites excluding steroid dienone is 1. The fraction of sp³-hybridized carbons (Fsp3) is 0.286. The molecule has 11 heavy (non-hydrogen) atoms. The van der Waals surface area contributed by atoms with Crippen LogP contribution in [0.2, 0.25) is 0 Å². The van der Waals surface area contributed by atoms with Gasteiger partial charge in [-0.15, -0.1) is 5.10 Å². The molecule has 4 heteroatoms. The Kier molecular flexibility index (Phi) is 1.15. The minimum Gasteiger partial charge on any atom is -0.399 e. The Morgan fingerprint density at radius 3 is 3.18 bits per heavy atom. The summed E-state index contributed by atoms with van der Waals surface area (Å²) >= 11 is 0. The Labute approximate surface area is 64.2 Å². The molecular weight excluding hydrogens is 140 g/mol. The molecule has 0 saturated carbocycles. The summed E-state index contributed by atoms with van der Waals surface area (Å²) in [6.07, 6.45) is 3.78. The second-order valence-electron chi connectivity index (χ2n) is 2.62. The zero-order valence-corrected chi connectivity index (χ0v) is 6.15. The van der Waals surface area contributed by atoms with Gasteiger partial charge in [-0.1, -0.05) is 0 Å². The number of nitrogens with zero attached hydrogens (tertiary/aromatic N) is 3. The van der Waals surface area contributed by atoms with Gasteiger partial charge in [0, 0.05) is 5.70 Å². The summed E-state index contributed by atoms with van der Waals surface area (Å²) in [5.41, 5.74) is 8.36. The molecule has 1 atom stereocenters. The molecule has 0 bridgehead atoms. The lowest BCUT2D eigenvalue weighted by atomic mass is 10.0. The molecule has 0 fully saturated rings. The average molecular weight is 148 g/mol. The highest BCUT2D eigenvalue weighted by Crippen LogP contribution is 2.18. The second kappa shape index (κ2) is 2.02. The molecule has 1 heterocycles. The molecular formula is C7H8N4.